The van der Waals surface area contributed by atoms with Crippen molar-refractivity contribution in [1.29, 1.82) is 0 Å². The summed E-state index contributed by atoms with van der Waals surface area (Å²) < 4.78 is 6.55. The summed E-state index contributed by atoms with van der Waals surface area (Å²) in [5, 5.41) is 14.0. The van der Waals surface area contributed by atoms with Gasteiger partial charge < -0.3 is 15.2 Å². The molecule has 23 heavy (non-hydrogen) atoms. The van der Waals surface area contributed by atoms with E-state index in [1.165, 1.54) is 0 Å². The molecule has 2 N–H and O–H groups in total. The van der Waals surface area contributed by atoms with Crippen LogP contribution in [0, 0.1) is 6.92 Å². The fraction of sp³-hybridized carbons (Fsp3) is 0.133. The van der Waals surface area contributed by atoms with Crippen LogP contribution in [-0.4, -0.2) is 27.4 Å². The number of rotatable bonds is 5. The summed E-state index contributed by atoms with van der Waals surface area (Å²) in [7, 11) is 0. The van der Waals surface area contributed by atoms with Gasteiger partial charge in [0.05, 0.1) is 17.3 Å². The number of halogens is 1. The number of amides is 1. The maximum absolute atomic E-state index is 11.8. The fourth-order valence-corrected chi connectivity index (χ4v) is 2.28. The molecule has 8 heteroatoms. The van der Waals surface area contributed by atoms with Gasteiger partial charge in [0.15, 0.2) is 5.82 Å². The van der Waals surface area contributed by atoms with Gasteiger partial charge in [-0.3, -0.25) is 4.79 Å². The molecule has 0 fully saturated rings. The Morgan fingerprint density at radius 1 is 1.39 bits per heavy atom. The smallest absolute Gasteiger partial charge is 0.244 e. The van der Waals surface area contributed by atoms with E-state index in [9.17, 15) is 4.79 Å². The van der Waals surface area contributed by atoms with E-state index >= 15 is 0 Å². The van der Waals surface area contributed by atoms with Gasteiger partial charge in [-0.25, -0.2) is 4.68 Å². The Morgan fingerprint density at radius 2 is 2.26 bits per heavy atom. The lowest BCUT2D eigenvalue weighted by Gasteiger charge is -2.09. The minimum Gasteiger partial charge on any atom is -0.376 e. The molecule has 0 atom stereocenters. The Morgan fingerprint density at radius 3 is 2.91 bits per heavy atom. The van der Waals surface area contributed by atoms with E-state index in [1.807, 2.05) is 24.4 Å². The Hall–Kier alpha value is -2.80. The number of carbonyl (C=O) groups excluding carboxylic acids is 1. The van der Waals surface area contributed by atoms with Gasteiger partial charge in [-0.1, -0.05) is 16.8 Å². The Kier molecular flexibility index (Phi) is 4.29. The number of anilines is 2. The molecule has 2 aromatic heterocycles. The summed E-state index contributed by atoms with van der Waals surface area (Å²) in [6.07, 6.45) is 3.49. The first kappa shape index (κ1) is 15.1. The van der Waals surface area contributed by atoms with Crippen molar-refractivity contribution in [2.24, 2.45) is 0 Å². The standard InChI is InChI=1S/C15H14ClN5O2/c1-10-7-14(20-23-10)19-15(22)9-17-11-3-4-13(12(16)8-11)21-6-2-5-18-21/h2-8,17H,9H2,1H3,(H,19,20,22). The van der Waals surface area contributed by atoms with Crippen LogP contribution < -0.4 is 10.6 Å². The Bertz CT molecular complexity index is 813. The van der Waals surface area contributed by atoms with Crippen molar-refractivity contribution >= 4 is 29.0 Å². The van der Waals surface area contributed by atoms with Crippen molar-refractivity contribution in [1.82, 2.24) is 14.9 Å². The molecule has 1 aromatic carbocycles. The minimum absolute atomic E-state index is 0.0867. The molecule has 3 aromatic rings. The number of hydrogen-bond donors (Lipinski definition) is 2. The summed E-state index contributed by atoms with van der Waals surface area (Å²) in [5.41, 5.74) is 1.50. The number of aryl methyl sites for hydroxylation is 1. The van der Waals surface area contributed by atoms with Crippen molar-refractivity contribution in [2.75, 3.05) is 17.2 Å². The molecule has 7 nitrogen and oxygen atoms in total. The molecule has 0 unspecified atom stereocenters. The van der Waals surface area contributed by atoms with Crippen LogP contribution in [0.3, 0.4) is 0 Å². The number of nitrogens with zero attached hydrogens (tertiary/aromatic N) is 3. The van der Waals surface area contributed by atoms with Crippen LogP contribution in [0.4, 0.5) is 11.5 Å². The largest absolute Gasteiger partial charge is 0.376 e. The van der Waals surface area contributed by atoms with E-state index in [0.29, 0.717) is 16.6 Å². The zero-order valence-corrected chi connectivity index (χ0v) is 13.0. The third-order valence-corrected chi connectivity index (χ3v) is 3.35. The first-order chi connectivity index (χ1) is 11.1. The van der Waals surface area contributed by atoms with Gasteiger partial charge in [0.1, 0.15) is 5.76 Å². The summed E-state index contributed by atoms with van der Waals surface area (Å²) in [6.45, 7) is 1.84. The summed E-state index contributed by atoms with van der Waals surface area (Å²) in [5.74, 6) is 0.793. The SMILES string of the molecule is Cc1cc(NC(=O)CNc2ccc(-n3cccn3)c(Cl)c2)no1. The van der Waals surface area contributed by atoms with E-state index in [1.54, 1.807) is 29.9 Å². The molecule has 0 saturated carbocycles. The third kappa shape index (κ3) is 3.70. The van der Waals surface area contributed by atoms with E-state index < -0.39 is 0 Å². The number of benzene rings is 1. The summed E-state index contributed by atoms with van der Waals surface area (Å²) in [4.78, 5) is 11.8. The molecule has 0 radical (unpaired) electrons. The number of aromatic nitrogens is 3. The van der Waals surface area contributed by atoms with Crippen LogP contribution in [0.5, 0.6) is 0 Å². The molecule has 0 aliphatic heterocycles. The molecule has 1 amide bonds. The number of hydrogen-bond acceptors (Lipinski definition) is 5. The summed E-state index contributed by atoms with van der Waals surface area (Å²) in [6, 6.07) is 8.87. The highest BCUT2D eigenvalue weighted by Gasteiger charge is 2.08. The van der Waals surface area contributed by atoms with E-state index in [0.717, 1.165) is 11.4 Å². The van der Waals surface area contributed by atoms with Crippen LogP contribution in [-0.2, 0) is 4.79 Å². The average Bonchev–Trinajstić information content (AvgIpc) is 3.17. The summed E-state index contributed by atoms with van der Waals surface area (Å²) >= 11 is 6.24. The lowest BCUT2D eigenvalue weighted by atomic mass is 10.2. The molecule has 0 bridgehead atoms. The van der Waals surface area contributed by atoms with Gasteiger partial charge in [-0.15, -0.1) is 0 Å². The molecule has 0 spiro atoms. The van der Waals surface area contributed by atoms with Gasteiger partial charge in [-0.05, 0) is 31.2 Å². The van der Waals surface area contributed by atoms with Crippen LogP contribution in [0.25, 0.3) is 5.69 Å². The molecular weight excluding hydrogens is 318 g/mol. The van der Waals surface area contributed by atoms with Crippen LogP contribution in [0.15, 0.2) is 47.2 Å². The number of carbonyl (C=O) groups is 1. The topological polar surface area (TPSA) is 85.0 Å². The second-order valence-electron chi connectivity index (χ2n) is 4.84. The fourth-order valence-electron chi connectivity index (χ4n) is 2.01. The van der Waals surface area contributed by atoms with Gasteiger partial charge >= 0.3 is 0 Å². The first-order valence-electron chi connectivity index (χ1n) is 6.88. The van der Waals surface area contributed by atoms with E-state index in [2.05, 4.69) is 20.9 Å². The molecule has 0 saturated heterocycles. The quantitative estimate of drug-likeness (QED) is 0.751. The average molecular weight is 332 g/mol. The second-order valence-corrected chi connectivity index (χ2v) is 5.25. The zero-order chi connectivity index (χ0) is 16.2. The maximum atomic E-state index is 11.8. The van der Waals surface area contributed by atoms with Gasteiger partial charge in [0.2, 0.25) is 5.91 Å². The van der Waals surface area contributed by atoms with Crippen molar-refractivity contribution in [3.8, 4) is 5.69 Å². The van der Waals surface area contributed by atoms with Crippen LogP contribution in [0.2, 0.25) is 5.02 Å². The van der Waals surface area contributed by atoms with Crippen molar-refractivity contribution in [3.05, 3.63) is 53.5 Å². The van der Waals surface area contributed by atoms with Crippen molar-refractivity contribution in [2.45, 2.75) is 6.92 Å². The molecule has 118 valence electrons. The zero-order valence-electron chi connectivity index (χ0n) is 12.3. The minimum atomic E-state index is -0.231. The lowest BCUT2D eigenvalue weighted by Crippen LogP contribution is -2.21. The lowest BCUT2D eigenvalue weighted by molar-refractivity contribution is -0.114. The molecule has 0 aliphatic carbocycles. The number of nitrogens with one attached hydrogen (secondary N) is 2. The maximum Gasteiger partial charge on any atom is 0.244 e. The monoisotopic (exact) mass is 331 g/mol. The third-order valence-electron chi connectivity index (χ3n) is 3.05. The van der Waals surface area contributed by atoms with Gasteiger partial charge in [0.25, 0.3) is 0 Å². The van der Waals surface area contributed by atoms with Crippen LogP contribution in [0.1, 0.15) is 5.76 Å². The molecule has 2 heterocycles. The molecular formula is C15H14ClN5O2. The second kappa shape index (κ2) is 6.53. The van der Waals surface area contributed by atoms with E-state index in [4.69, 9.17) is 16.1 Å². The molecule has 0 aliphatic rings. The predicted molar refractivity (Wildman–Crippen MR) is 86.9 cm³/mol. The first-order valence-corrected chi connectivity index (χ1v) is 7.26. The van der Waals surface area contributed by atoms with Crippen molar-refractivity contribution in [3.63, 3.8) is 0 Å². The van der Waals surface area contributed by atoms with Gasteiger partial charge in [0, 0.05) is 24.1 Å². The predicted octanol–water partition coefficient (Wildman–Crippen LogP) is 2.87. The van der Waals surface area contributed by atoms with Crippen LogP contribution >= 0.6 is 11.6 Å². The normalized spacial score (nSPS) is 10.5. The highest BCUT2D eigenvalue weighted by Crippen LogP contribution is 2.23. The Balaban J connectivity index is 1.60. The van der Waals surface area contributed by atoms with Crippen molar-refractivity contribution < 1.29 is 9.32 Å². The van der Waals surface area contributed by atoms with E-state index in [-0.39, 0.29) is 12.5 Å². The molecule has 3 rings (SSSR count). The van der Waals surface area contributed by atoms with Gasteiger partial charge in [-0.2, -0.15) is 5.10 Å². The highest BCUT2D eigenvalue weighted by molar-refractivity contribution is 6.32. The Labute approximate surface area is 137 Å². The highest BCUT2D eigenvalue weighted by atomic mass is 35.5.